The fraction of sp³-hybridized carbons (Fsp3) is 0.211. The monoisotopic (exact) mass is 338 g/mol. The van der Waals surface area contributed by atoms with Gasteiger partial charge in [-0.05, 0) is 29.8 Å². The SMILES string of the molecule is COc1ccc([C@H]2[NH2+][C@@H](C(=O)[O-])Cc3c2[nH]c2ccccc32)cc1O. The fourth-order valence-electron chi connectivity index (χ4n) is 3.66. The number of carboxylic acid groups (broad SMARTS) is 1. The molecule has 4 rings (SSSR count). The van der Waals surface area contributed by atoms with Gasteiger partial charge in [-0.1, -0.05) is 18.2 Å². The van der Waals surface area contributed by atoms with Crippen LogP contribution in [0.2, 0.25) is 0 Å². The van der Waals surface area contributed by atoms with Crippen LogP contribution in [-0.4, -0.2) is 29.2 Å². The maximum absolute atomic E-state index is 11.5. The Balaban J connectivity index is 1.87. The minimum absolute atomic E-state index is 0.0293. The van der Waals surface area contributed by atoms with Crippen LogP contribution in [0.3, 0.4) is 0 Å². The Morgan fingerprint density at radius 2 is 2.12 bits per heavy atom. The molecule has 0 saturated heterocycles. The van der Waals surface area contributed by atoms with Crippen LogP contribution in [0.15, 0.2) is 42.5 Å². The van der Waals surface area contributed by atoms with Gasteiger partial charge < -0.3 is 30.0 Å². The molecule has 1 aliphatic rings. The number of aliphatic carboxylic acids is 1. The summed E-state index contributed by atoms with van der Waals surface area (Å²) in [6.45, 7) is 0. The predicted octanol–water partition coefficient (Wildman–Crippen LogP) is 0.210. The Bertz CT molecular complexity index is 963. The number of para-hydroxylation sites is 1. The normalized spacial score (nSPS) is 19.6. The van der Waals surface area contributed by atoms with Crippen molar-refractivity contribution in [1.82, 2.24) is 4.98 Å². The van der Waals surface area contributed by atoms with E-state index in [1.807, 2.05) is 30.3 Å². The van der Waals surface area contributed by atoms with Crippen LogP contribution in [0.5, 0.6) is 11.5 Å². The first-order valence-corrected chi connectivity index (χ1v) is 8.10. The summed E-state index contributed by atoms with van der Waals surface area (Å²) < 4.78 is 5.09. The number of carboxylic acids is 1. The van der Waals surface area contributed by atoms with Crippen LogP contribution in [-0.2, 0) is 11.2 Å². The number of quaternary nitrogens is 1. The third-order valence-electron chi connectivity index (χ3n) is 4.87. The van der Waals surface area contributed by atoms with Crippen molar-refractivity contribution < 1.29 is 25.1 Å². The van der Waals surface area contributed by atoms with Gasteiger partial charge in [-0.25, -0.2) is 0 Å². The van der Waals surface area contributed by atoms with E-state index in [-0.39, 0.29) is 11.8 Å². The van der Waals surface area contributed by atoms with Gasteiger partial charge in [-0.2, -0.15) is 0 Å². The lowest BCUT2D eigenvalue weighted by Crippen LogP contribution is -2.95. The van der Waals surface area contributed by atoms with Crippen molar-refractivity contribution in [2.24, 2.45) is 0 Å². The number of nitrogens with two attached hydrogens (primary N) is 1. The van der Waals surface area contributed by atoms with Crippen molar-refractivity contribution in [1.29, 1.82) is 0 Å². The molecule has 2 aromatic carbocycles. The second-order valence-electron chi connectivity index (χ2n) is 6.29. The van der Waals surface area contributed by atoms with Gasteiger partial charge in [0.05, 0.1) is 18.8 Å². The largest absolute Gasteiger partial charge is 0.544 e. The lowest BCUT2D eigenvalue weighted by Gasteiger charge is -2.29. The van der Waals surface area contributed by atoms with Gasteiger partial charge in [-0.3, -0.25) is 0 Å². The number of hydrogen-bond donors (Lipinski definition) is 3. The lowest BCUT2D eigenvalue weighted by molar-refractivity contribution is -0.717. The zero-order chi connectivity index (χ0) is 17.6. The molecule has 0 unspecified atom stereocenters. The van der Waals surface area contributed by atoms with Crippen molar-refractivity contribution in [2.45, 2.75) is 18.5 Å². The molecule has 3 aromatic rings. The van der Waals surface area contributed by atoms with E-state index >= 15 is 0 Å². The predicted molar refractivity (Wildman–Crippen MR) is 89.2 cm³/mol. The van der Waals surface area contributed by atoms with Crippen LogP contribution >= 0.6 is 0 Å². The number of aromatic hydroxyl groups is 1. The molecule has 1 aliphatic heterocycles. The van der Waals surface area contributed by atoms with E-state index in [0.717, 1.165) is 27.7 Å². The number of nitrogens with one attached hydrogen (secondary N) is 1. The molecule has 0 fully saturated rings. The minimum atomic E-state index is -1.08. The second-order valence-corrected chi connectivity index (χ2v) is 6.29. The van der Waals surface area contributed by atoms with Crippen LogP contribution in [0.1, 0.15) is 22.9 Å². The zero-order valence-corrected chi connectivity index (χ0v) is 13.7. The molecule has 0 spiro atoms. The van der Waals surface area contributed by atoms with Crippen molar-refractivity contribution in [3.63, 3.8) is 0 Å². The Labute approximate surface area is 144 Å². The van der Waals surface area contributed by atoms with E-state index in [1.54, 1.807) is 17.4 Å². The number of fused-ring (bicyclic) bond motifs is 3. The summed E-state index contributed by atoms with van der Waals surface area (Å²) in [6.07, 6.45) is 0.403. The topological polar surface area (TPSA) is 102 Å². The maximum Gasteiger partial charge on any atom is 0.160 e. The van der Waals surface area contributed by atoms with Crippen molar-refractivity contribution >= 4 is 16.9 Å². The average Bonchev–Trinajstić information content (AvgIpc) is 2.99. The third kappa shape index (κ3) is 2.51. The first kappa shape index (κ1) is 15.5. The Morgan fingerprint density at radius 1 is 1.32 bits per heavy atom. The Kier molecular flexibility index (Phi) is 3.62. The van der Waals surface area contributed by atoms with Gasteiger partial charge in [0.15, 0.2) is 17.5 Å². The molecule has 0 radical (unpaired) electrons. The van der Waals surface area contributed by atoms with Crippen molar-refractivity contribution in [2.75, 3.05) is 7.11 Å². The van der Waals surface area contributed by atoms with E-state index in [2.05, 4.69) is 4.98 Å². The molecule has 4 N–H and O–H groups in total. The molecule has 0 bridgehead atoms. The zero-order valence-electron chi connectivity index (χ0n) is 13.7. The number of methoxy groups -OCH3 is 1. The standard InChI is InChI=1S/C19H18N2O4/c1-25-16-7-6-10(8-15(16)22)17-18-12(9-14(21-17)19(23)24)11-4-2-3-5-13(11)20-18/h2-8,14,17,20-22H,9H2,1H3,(H,23,24)/t14-,17-/m1/s1. The number of aromatic amines is 1. The summed E-state index contributed by atoms with van der Waals surface area (Å²) in [5.74, 6) is -0.673. The van der Waals surface area contributed by atoms with E-state index in [4.69, 9.17) is 4.74 Å². The van der Waals surface area contributed by atoms with Gasteiger partial charge >= 0.3 is 0 Å². The first-order chi connectivity index (χ1) is 12.1. The van der Waals surface area contributed by atoms with Crippen molar-refractivity contribution in [3.8, 4) is 11.5 Å². The van der Waals surface area contributed by atoms with E-state index in [9.17, 15) is 15.0 Å². The highest BCUT2D eigenvalue weighted by Gasteiger charge is 2.35. The molecular weight excluding hydrogens is 320 g/mol. The second kappa shape index (κ2) is 5.82. The van der Waals surface area contributed by atoms with Crippen LogP contribution in [0.4, 0.5) is 0 Å². The summed E-state index contributed by atoms with van der Waals surface area (Å²) in [6, 6.07) is 12.0. The fourth-order valence-corrected chi connectivity index (χ4v) is 3.66. The molecule has 0 aliphatic carbocycles. The minimum Gasteiger partial charge on any atom is -0.544 e. The molecule has 1 aromatic heterocycles. The molecule has 0 saturated carbocycles. The number of H-pyrrole nitrogens is 1. The average molecular weight is 338 g/mol. The summed E-state index contributed by atoms with van der Waals surface area (Å²) >= 11 is 0. The summed E-state index contributed by atoms with van der Waals surface area (Å²) in [5.41, 5.74) is 3.73. The van der Waals surface area contributed by atoms with Gasteiger partial charge in [0.1, 0.15) is 6.04 Å². The number of rotatable bonds is 3. The number of carbonyl (C=O) groups is 1. The summed E-state index contributed by atoms with van der Waals surface area (Å²) in [7, 11) is 1.49. The number of carbonyl (C=O) groups excluding carboxylic acids is 1. The van der Waals surface area contributed by atoms with Gasteiger partial charge in [0, 0.05) is 22.9 Å². The third-order valence-corrected chi connectivity index (χ3v) is 4.87. The molecule has 0 amide bonds. The van der Waals surface area contributed by atoms with Gasteiger partial charge in [-0.15, -0.1) is 0 Å². The Morgan fingerprint density at radius 3 is 2.84 bits per heavy atom. The number of phenolic OH excluding ortho intramolecular Hbond substituents is 1. The molecule has 2 heterocycles. The molecule has 128 valence electrons. The summed E-state index contributed by atoms with van der Waals surface area (Å²) in [4.78, 5) is 15.0. The summed E-state index contributed by atoms with van der Waals surface area (Å²) in [5, 5.41) is 24.5. The molecular formula is C19H18N2O4. The lowest BCUT2D eigenvalue weighted by atomic mass is 9.90. The van der Waals surface area contributed by atoms with Crippen molar-refractivity contribution in [3.05, 3.63) is 59.3 Å². The number of hydrogen-bond acceptors (Lipinski definition) is 4. The van der Waals surface area contributed by atoms with E-state index in [0.29, 0.717) is 12.2 Å². The van der Waals surface area contributed by atoms with Crippen LogP contribution in [0.25, 0.3) is 10.9 Å². The quantitative estimate of drug-likeness (QED) is 0.635. The number of ether oxygens (including phenoxy) is 1. The number of phenols is 1. The highest BCUT2D eigenvalue weighted by Crippen LogP contribution is 2.35. The molecule has 6 nitrogen and oxygen atoms in total. The van der Waals surface area contributed by atoms with Gasteiger partial charge in [0.25, 0.3) is 0 Å². The van der Waals surface area contributed by atoms with Crippen LogP contribution < -0.4 is 15.2 Å². The highest BCUT2D eigenvalue weighted by atomic mass is 16.5. The van der Waals surface area contributed by atoms with E-state index < -0.39 is 12.0 Å². The number of benzene rings is 2. The van der Waals surface area contributed by atoms with Crippen LogP contribution in [0, 0.1) is 0 Å². The first-order valence-electron chi connectivity index (χ1n) is 8.10. The molecule has 25 heavy (non-hydrogen) atoms. The number of aromatic nitrogens is 1. The Hall–Kier alpha value is -2.99. The molecule has 6 heteroatoms. The smallest absolute Gasteiger partial charge is 0.160 e. The van der Waals surface area contributed by atoms with Gasteiger partial charge in [0.2, 0.25) is 0 Å². The van der Waals surface area contributed by atoms with E-state index in [1.165, 1.54) is 7.11 Å². The maximum atomic E-state index is 11.5. The molecule has 2 atom stereocenters. The highest BCUT2D eigenvalue weighted by molar-refractivity contribution is 5.86.